The van der Waals surface area contributed by atoms with E-state index in [4.69, 9.17) is 5.11 Å². The minimum Gasteiger partial charge on any atom is -0.493 e. The lowest BCUT2D eigenvalue weighted by molar-refractivity contribution is 0.449. The highest BCUT2D eigenvalue weighted by molar-refractivity contribution is 5.15. The molecule has 0 atom stereocenters. The minimum atomic E-state index is -0.0883. The first-order valence-electron chi connectivity index (χ1n) is 2.35. The number of hydrogen-bond donors (Lipinski definition) is 2. The Morgan fingerprint density at radius 1 is 1.89 bits per heavy atom. The van der Waals surface area contributed by atoms with E-state index in [-0.39, 0.29) is 18.1 Å². The van der Waals surface area contributed by atoms with E-state index in [1.165, 1.54) is 6.33 Å². The van der Waals surface area contributed by atoms with Crippen molar-refractivity contribution < 1.29 is 5.11 Å². The summed E-state index contributed by atoms with van der Waals surface area (Å²) in [6.07, 6.45) is 1.30. The van der Waals surface area contributed by atoms with Gasteiger partial charge in [-0.2, -0.15) is 4.91 Å². The fraction of sp³-hybridized carbons (Fsp3) is 0.250. The Balaban J connectivity index is 2.80. The van der Waals surface area contributed by atoms with Crippen molar-refractivity contribution >= 4 is 0 Å². The van der Waals surface area contributed by atoms with Crippen LogP contribution in [0.15, 0.2) is 11.5 Å². The van der Waals surface area contributed by atoms with Gasteiger partial charge in [0.1, 0.15) is 12.2 Å². The molecular formula is C4H5N3O2. The molecule has 1 aromatic heterocycles. The van der Waals surface area contributed by atoms with Gasteiger partial charge in [0.05, 0.1) is 6.33 Å². The van der Waals surface area contributed by atoms with Gasteiger partial charge in [-0.15, -0.1) is 0 Å². The third-order valence-corrected chi connectivity index (χ3v) is 0.909. The van der Waals surface area contributed by atoms with E-state index in [9.17, 15) is 4.91 Å². The number of nitrogens with one attached hydrogen (secondary N) is 1. The van der Waals surface area contributed by atoms with Crippen molar-refractivity contribution in [3.63, 3.8) is 0 Å². The Labute approximate surface area is 50.7 Å². The molecule has 0 amide bonds. The quantitative estimate of drug-likeness (QED) is 0.563. The zero-order valence-corrected chi connectivity index (χ0v) is 4.53. The van der Waals surface area contributed by atoms with Gasteiger partial charge < -0.3 is 10.1 Å². The molecule has 0 spiro atoms. The van der Waals surface area contributed by atoms with E-state index in [0.717, 1.165) is 0 Å². The molecule has 0 saturated heterocycles. The van der Waals surface area contributed by atoms with Crippen LogP contribution in [0.1, 0.15) is 5.69 Å². The van der Waals surface area contributed by atoms with Crippen molar-refractivity contribution in [2.75, 3.05) is 0 Å². The van der Waals surface area contributed by atoms with Crippen LogP contribution in [0.3, 0.4) is 0 Å². The van der Waals surface area contributed by atoms with Crippen LogP contribution >= 0.6 is 0 Å². The molecule has 5 nitrogen and oxygen atoms in total. The second-order valence-corrected chi connectivity index (χ2v) is 1.49. The molecule has 0 aliphatic carbocycles. The lowest BCUT2D eigenvalue weighted by Gasteiger charge is -1.84. The summed E-state index contributed by atoms with van der Waals surface area (Å²) in [5, 5.41) is 11.3. The van der Waals surface area contributed by atoms with Crippen molar-refractivity contribution in [1.29, 1.82) is 0 Å². The topological polar surface area (TPSA) is 78.3 Å². The summed E-state index contributed by atoms with van der Waals surface area (Å²) in [4.78, 5) is 15.6. The molecule has 0 fully saturated rings. The number of aromatic amines is 1. The number of hydrogen-bond acceptors (Lipinski definition) is 4. The number of aromatic hydroxyl groups is 1. The smallest absolute Gasteiger partial charge is 0.213 e. The van der Waals surface area contributed by atoms with E-state index < -0.39 is 0 Å². The van der Waals surface area contributed by atoms with Crippen LogP contribution in [-0.4, -0.2) is 15.1 Å². The van der Waals surface area contributed by atoms with Gasteiger partial charge in [0.2, 0.25) is 5.88 Å². The number of nitroso groups, excluding NO2 is 1. The Morgan fingerprint density at radius 3 is 3.11 bits per heavy atom. The summed E-state index contributed by atoms with van der Waals surface area (Å²) in [5.74, 6) is -0.0883. The molecule has 1 heterocycles. The molecule has 0 aliphatic heterocycles. The average molecular weight is 127 g/mol. The first-order chi connectivity index (χ1) is 4.34. The van der Waals surface area contributed by atoms with Crippen molar-refractivity contribution in [2.24, 2.45) is 5.18 Å². The lowest BCUT2D eigenvalue weighted by Crippen LogP contribution is -1.78. The van der Waals surface area contributed by atoms with E-state index in [2.05, 4.69) is 15.1 Å². The summed E-state index contributed by atoms with van der Waals surface area (Å²) >= 11 is 0. The van der Waals surface area contributed by atoms with Crippen molar-refractivity contribution in [3.8, 4) is 5.88 Å². The molecule has 9 heavy (non-hydrogen) atoms. The third-order valence-electron chi connectivity index (χ3n) is 0.909. The van der Waals surface area contributed by atoms with E-state index in [0.29, 0.717) is 0 Å². The Hall–Kier alpha value is -1.39. The first kappa shape index (κ1) is 5.74. The molecule has 48 valence electrons. The fourth-order valence-corrected chi connectivity index (χ4v) is 0.493. The summed E-state index contributed by atoms with van der Waals surface area (Å²) in [6, 6.07) is 0. The van der Waals surface area contributed by atoms with Crippen molar-refractivity contribution in [3.05, 3.63) is 16.9 Å². The number of imidazole rings is 1. The molecular weight excluding hydrogens is 122 g/mol. The molecule has 0 unspecified atom stereocenters. The summed E-state index contributed by atoms with van der Waals surface area (Å²) in [5.41, 5.74) is 0.282. The standard InChI is InChI=1S/C4H5N3O2/c8-4-3(1-7-9)5-2-6-4/h2,8H,1H2,(H,5,6). The summed E-state index contributed by atoms with van der Waals surface area (Å²) < 4.78 is 0. The van der Waals surface area contributed by atoms with E-state index in [1.807, 2.05) is 0 Å². The monoisotopic (exact) mass is 127 g/mol. The highest BCUT2D eigenvalue weighted by Crippen LogP contribution is 2.09. The maximum Gasteiger partial charge on any atom is 0.213 e. The molecule has 0 aromatic carbocycles. The Bertz CT molecular complexity index is 207. The van der Waals surface area contributed by atoms with Crippen LogP contribution in [0.2, 0.25) is 0 Å². The summed E-state index contributed by atoms with van der Waals surface area (Å²) in [7, 11) is 0. The van der Waals surface area contributed by atoms with Crippen LogP contribution in [0.4, 0.5) is 0 Å². The number of H-pyrrole nitrogens is 1. The predicted molar refractivity (Wildman–Crippen MR) is 29.8 cm³/mol. The fourth-order valence-electron chi connectivity index (χ4n) is 0.493. The Kier molecular flexibility index (Phi) is 1.44. The van der Waals surface area contributed by atoms with Crippen molar-refractivity contribution in [2.45, 2.75) is 6.54 Å². The first-order valence-corrected chi connectivity index (χ1v) is 2.35. The van der Waals surface area contributed by atoms with Crippen LogP contribution in [0.5, 0.6) is 5.88 Å². The van der Waals surface area contributed by atoms with Gasteiger partial charge >= 0.3 is 0 Å². The van der Waals surface area contributed by atoms with Crippen LogP contribution in [0, 0.1) is 4.91 Å². The van der Waals surface area contributed by atoms with E-state index >= 15 is 0 Å². The molecule has 5 heteroatoms. The highest BCUT2D eigenvalue weighted by Gasteiger charge is 2.00. The summed E-state index contributed by atoms with van der Waals surface area (Å²) in [6.45, 7) is -0.0880. The second-order valence-electron chi connectivity index (χ2n) is 1.49. The molecule has 0 saturated carbocycles. The molecule has 0 aliphatic rings. The van der Waals surface area contributed by atoms with Crippen LogP contribution in [0.25, 0.3) is 0 Å². The van der Waals surface area contributed by atoms with Gasteiger partial charge in [0.25, 0.3) is 0 Å². The number of nitrogens with zero attached hydrogens (tertiary/aromatic N) is 2. The molecule has 1 rings (SSSR count). The molecule has 0 radical (unpaired) electrons. The van der Waals surface area contributed by atoms with Crippen LogP contribution < -0.4 is 0 Å². The zero-order chi connectivity index (χ0) is 6.69. The molecule has 1 aromatic rings. The lowest BCUT2D eigenvalue weighted by atomic mass is 10.5. The van der Waals surface area contributed by atoms with Gasteiger partial charge in [-0.05, 0) is 0 Å². The van der Waals surface area contributed by atoms with Gasteiger partial charge in [-0.1, -0.05) is 5.18 Å². The van der Waals surface area contributed by atoms with Gasteiger partial charge in [-0.25, -0.2) is 4.98 Å². The number of aromatic nitrogens is 2. The third kappa shape index (κ3) is 1.04. The maximum atomic E-state index is 9.61. The molecule has 0 bridgehead atoms. The molecule has 2 N–H and O–H groups in total. The minimum absolute atomic E-state index is 0.0880. The Morgan fingerprint density at radius 2 is 2.67 bits per heavy atom. The van der Waals surface area contributed by atoms with Gasteiger partial charge in [0.15, 0.2) is 0 Å². The van der Waals surface area contributed by atoms with Gasteiger partial charge in [-0.3, -0.25) is 0 Å². The average Bonchev–Trinajstić information content (AvgIpc) is 2.18. The normalized spacial score (nSPS) is 9.33. The van der Waals surface area contributed by atoms with E-state index in [1.54, 1.807) is 0 Å². The predicted octanol–water partition coefficient (Wildman–Crippen LogP) is 0.382. The SMILES string of the molecule is O=NCc1nc[nH]c1O. The van der Waals surface area contributed by atoms with Gasteiger partial charge in [0, 0.05) is 0 Å². The zero-order valence-electron chi connectivity index (χ0n) is 4.53. The van der Waals surface area contributed by atoms with Crippen LogP contribution in [-0.2, 0) is 6.54 Å². The largest absolute Gasteiger partial charge is 0.493 e. The maximum absolute atomic E-state index is 9.61. The van der Waals surface area contributed by atoms with Crippen molar-refractivity contribution in [1.82, 2.24) is 9.97 Å². The highest BCUT2D eigenvalue weighted by atomic mass is 16.3. The second kappa shape index (κ2) is 2.25. The number of rotatable bonds is 2.